The molecule has 1 aliphatic rings. The van der Waals surface area contributed by atoms with Gasteiger partial charge in [0.1, 0.15) is 41.7 Å². The SMILES string of the molecule is COc1ccc(C(OC[C@@H]2O[C@H](n3cnc4c(NC(=O)c5ccccc5)ncnc43)[C@@H](O)[C@@H]2O)(c2ccccc2)c2ccc(OC)cc2)cc1. The van der Waals surface area contributed by atoms with Crippen LogP contribution in [-0.2, 0) is 15.1 Å². The van der Waals surface area contributed by atoms with Crippen molar-refractivity contribution in [2.24, 2.45) is 0 Å². The number of aliphatic hydroxyl groups excluding tert-OH is 2. The van der Waals surface area contributed by atoms with Gasteiger partial charge in [0.2, 0.25) is 0 Å². The number of imidazole rings is 1. The standard InChI is InChI=1S/C38H35N5O7/c1-47-28-17-13-26(14-18-28)38(25-11-7-4-8-12-25,27-15-19-29(48-2)20-16-27)49-21-30-32(44)33(45)37(50-30)43-23-41-31-34(39-22-40-35(31)43)42-36(46)24-9-5-3-6-10-24/h3-20,22-23,30,32-33,37,44-45H,21H2,1-2H3,(H,39,40,42,46)/t30-,32+,33-,37-/m0/s1. The first kappa shape index (κ1) is 32.9. The molecule has 0 radical (unpaired) electrons. The third kappa shape index (κ3) is 6.05. The monoisotopic (exact) mass is 673 g/mol. The van der Waals surface area contributed by atoms with E-state index < -0.39 is 30.1 Å². The molecular weight excluding hydrogens is 638 g/mol. The normalized spacial score (nSPS) is 19.0. The largest absolute Gasteiger partial charge is 0.497 e. The summed E-state index contributed by atoms with van der Waals surface area (Å²) in [6, 6.07) is 33.7. The Morgan fingerprint density at radius 2 is 1.36 bits per heavy atom. The number of carbonyl (C=O) groups is 1. The van der Waals surface area contributed by atoms with Gasteiger partial charge in [0.15, 0.2) is 23.2 Å². The number of rotatable bonds is 11. The first-order chi connectivity index (χ1) is 24.4. The van der Waals surface area contributed by atoms with Gasteiger partial charge in [-0.1, -0.05) is 72.8 Å². The number of nitrogens with zero attached hydrogens (tertiary/aromatic N) is 4. The second kappa shape index (κ2) is 14.1. The summed E-state index contributed by atoms with van der Waals surface area (Å²) in [5, 5.41) is 25.4. The fourth-order valence-corrected chi connectivity index (χ4v) is 6.28. The van der Waals surface area contributed by atoms with Crippen molar-refractivity contribution in [3.8, 4) is 11.5 Å². The topological polar surface area (TPSA) is 150 Å². The van der Waals surface area contributed by atoms with Gasteiger partial charge in [-0.15, -0.1) is 0 Å². The van der Waals surface area contributed by atoms with Crippen LogP contribution in [0.2, 0.25) is 0 Å². The van der Waals surface area contributed by atoms with E-state index in [0.717, 1.165) is 16.7 Å². The lowest BCUT2D eigenvalue weighted by Gasteiger charge is -2.37. The smallest absolute Gasteiger partial charge is 0.256 e. The van der Waals surface area contributed by atoms with Crippen LogP contribution in [0.1, 0.15) is 33.3 Å². The first-order valence-electron chi connectivity index (χ1n) is 16.0. The Morgan fingerprint density at radius 3 is 1.96 bits per heavy atom. The summed E-state index contributed by atoms with van der Waals surface area (Å²) in [5.41, 5.74) is 2.34. The van der Waals surface area contributed by atoms with E-state index in [1.165, 1.54) is 17.2 Å². The molecule has 254 valence electrons. The number of aromatic nitrogens is 4. The lowest BCUT2D eigenvalue weighted by Crippen LogP contribution is -2.39. The number of hydrogen-bond acceptors (Lipinski definition) is 10. The highest BCUT2D eigenvalue weighted by molar-refractivity contribution is 6.06. The Morgan fingerprint density at radius 1 is 0.780 bits per heavy atom. The molecule has 12 nitrogen and oxygen atoms in total. The fourth-order valence-electron chi connectivity index (χ4n) is 6.28. The molecule has 4 atom stereocenters. The molecule has 7 rings (SSSR count). The van der Waals surface area contributed by atoms with Gasteiger partial charge in [-0.3, -0.25) is 9.36 Å². The number of hydrogen-bond donors (Lipinski definition) is 3. The first-order valence-corrected chi connectivity index (χ1v) is 16.0. The van der Waals surface area contributed by atoms with Crippen LogP contribution in [0, 0.1) is 0 Å². The molecule has 1 fully saturated rings. The number of methoxy groups -OCH3 is 2. The molecule has 0 saturated carbocycles. The van der Waals surface area contributed by atoms with Crippen LogP contribution >= 0.6 is 0 Å². The summed E-state index contributed by atoms with van der Waals surface area (Å²) >= 11 is 0. The van der Waals surface area contributed by atoms with Crippen molar-refractivity contribution in [3.05, 3.63) is 144 Å². The van der Waals surface area contributed by atoms with E-state index in [4.69, 9.17) is 18.9 Å². The summed E-state index contributed by atoms with van der Waals surface area (Å²) in [6.07, 6.45) is -1.97. The van der Waals surface area contributed by atoms with Crippen molar-refractivity contribution < 1.29 is 34.0 Å². The third-order valence-electron chi connectivity index (χ3n) is 8.88. The molecule has 0 aliphatic carbocycles. The van der Waals surface area contributed by atoms with Crippen molar-refractivity contribution in [1.29, 1.82) is 0 Å². The van der Waals surface area contributed by atoms with Gasteiger partial charge < -0.3 is 34.5 Å². The predicted octanol–water partition coefficient (Wildman–Crippen LogP) is 4.72. The Labute approximate surface area is 287 Å². The molecule has 1 aliphatic heterocycles. The summed E-state index contributed by atoms with van der Waals surface area (Å²) in [4.78, 5) is 25.9. The van der Waals surface area contributed by atoms with Crippen LogP contribution < -0.4 is 14.8 Å². The van der Waals surface area contributed by atoms with Gasteiger partial charge >= 0.3 is 0 Å². The van der Waals surface area contributed by atoms with Crippen molar-refractivity contribution >= 4 is 22.9 Å². The van der Waals surface area contributed by atoms with Crippen LogP contribution in [0.3, 0.4) is 0 Å². The number of amides is 1. The Hall–Kier alpha value is -5.66. The second-order valence-electron chi connectivity index (χ2n) is 11.7. The summed E-state index contributed by atoms with van der Waals surface area (Å²) in [5.74, 6) is 1.21. The van der Waals surface area contributed by atoms with E-state index in [2.05, 4.69) is 20.3 Å². The zero-order chi connectivity index (χ0) is 34.7. The van der Waals surface area contributed by atoms with E-state index in [0.29, 0.717) is 28.2 Å². The van der Waals surface area contributed by atoms with Gasteiger partial charge in [-0.25, -0.2) is 15.0 Å². The number of benzene rings is 4. The molecule has 12 heteroatoms. The van der Waals surface area contributed by atoms with E-state index in [1.807, 2.05) is 84.9 Å². The van der Waals surface area contributed by atoms with Crippen LogP contribution in [0.4, 0.5) is 5.82 Å². The van der Waals surface area contributed by atoms with Gasteiger partial charge in [0, 0.05) is 5.56 Å². The lowest BCUT2D eigenvalue weighted by molar-refractivity contribution is -0.0942. The minimum absolute atomic E-state index is 0.109. The van der Waals surface area contributed by atoms with E-state index >= 15 is 0 Å². The van der Waals surface area contributed by atoms with Crippen molar-refractivity contribution in [2.75, 3.05) is 26.1 Å². The quantitative estimate of drug-likeness (QED) is 0.165. The number of aliphatic hydroxyl groups is 2. The van der Waals surface area contributed by atoms with E-state index in [-0.39, 0.29) is 18.3 Å². The van der Waals surface area contributed by atoms with Crippen LogP contribution in [0.25, 0.3) is 11.2 Å². The lowest BCUT2D eigenvalue weighted by atomic mass is 9.80. The molecular formula is C38H35N5O7. The summed E-state index contributed by atoms with van der Waals surface area (Å²) in [6.45, 7) is -0.109. The third-order valence-corrected chi connectivity index (χ3v) is 8.88. The molecule has 1 saturated heterocycles. The fraction of sp³-hybridized carbons (Fsp3) is 0.211. The maximum Gasteiger partial charge on any atom is 0.256 e. The highest BCUT2D eigenvalue weighted by Gasteiger charge is 2.47. The molecule has 0 unspecified atom stereocenters. The molecule has 0 bridgehead atoms. The number of anilines is 1. The number of nitrogens with one attached hydrogen (secondary N) is 1. The van der Waals surface area contributed by atoms with Crippen molar-refractivity contribution in [1.82, 2.24) is 19.5 Å². The van der Waals surface area contributed by atoms with Gasteiger partial charge in [-0.2, -0.15) is 0 Å². The Kier molecular flexibility index (Phi) is 9.24. The molecule has 2 aromatic heterocycles. The molecule has 4 aromatic carbocycles. The van der Waals surface area contributed by atoms with E-state index in [9.17, 15) is 15.0 Å². The number of fused-ring (bicyclic) bond motifs is 1. The minimum atomic E-state index is -1.36. The van der Waals surface area contributed by atoms with Crippen LogP contribution in [0.15, 0.2) is 122 Å². The maximum atomic E-state index is 12.9. The van der Waals surface area contributed by atoms with Crippen LogP contribution in [-0.4, -0.2) is 74.8 Å². The highest BCUT2D eigenvalue weighted by atomic mass is 16.6. The highest BCUT2D eigenvalue weighted by Crippen LogP contribution is 2.43. The predicted molar refractivity (Wildman–Crippen MR) is 184 cm³/mol. The van der Waals surface area contributed by atoms with Crippen molar-refractivity contribution in [2.45, 2.75) is 30.1 Å². The van der Waals surface area contributed by atoms with Gasteiger partial charge in [-0.05, 0) is 53.1 Å². The summed E-state index contributed by atoms with van der Waals surface area (Å²) < 4.78 is 25.6. The maximum absolute atomic E-state index is 12.9. The number of carbonyl (C=O) groups excluding carboxylic acids is 1. The zero-order valence-corrected chi connectivity index (χ0v) is 27.3. The van der Waals surface area contributed by atoms with E-state index in [1.54, 1.807) is 38.5 Å². The summed E-state index contributed by atoms with van der Waals surface area (Å²) in [7, 11) is 3.22. The average molecular weight is 674 g/mol. The molecule has 6 aromatic rings. The van der Waals surface area contributed by atoms with Gasteiger partial charge in [0.05, 0.1) is 27.2 Å². The Bertz CT molecular complexity index is 2010. The second-order valence-corrected chi connectivity index (χ2v) is 11.7. The molecule has 3 N–H and O–H groups in total. The average Bonchev–Trinajstić information content (AvgIpc) is 3.73. The molecule has 3 heterocycles. The zero-order valence-electron chi connectivity index (χ0n) is 27.3. The van der Waals surface area contributed by atoms with Crippen LogP contribution in [0.5, 0.6) is 11.5 Å². The number of ether oxygens (including phenoxy) is 4. The van der Waals surface area contributed by atoms with Gasteiger partial charge in [0.25, 0.3) is 5.91 Å². The Balaban J connectivity index is 1.20. The molecule has 1 amide bonds. The molecule has 50 heavy (non-hydrogen) atoms. The molecule has 0 spiro atoms. The van der Waals surface area contributed by atoms with Crippen molar-refractivity contribution in [3.63, 3.8) is 0 Å². The minimum Gasteiger partial charge on any atom is -0.497 e.